The van der Waals surface area contributed by atoms with Crippen molar-refractivity contribution in [3.8, 4) is 5.75 Å². The zero-order valence-corrected chi connectivity index (χ0v) is 17.6. The summed E-state index contributed by atoms with van der Waals surface area (Å²) in [7, 11) is 0. The number of rotatable bonds is 8. The number of Topliss-reactive ketones (excluding diaryl/α,β-unsaturated/α-hetero) is 1. The number of hydrogen-bond acceptors (Lipinski definition) is 4. The molecular formula is C24H21ClN2O4. The number of ether oxygens (including phenoxy) is 1. The molecule has 0 fully saturated rings. The van der Waals surface area contributed by atoms with Gasteiger partial charge in [0.25, 0.3) is 11.8 Å². The Morgan fingerprint density at radius 2 is 1.39 bits per heavy atom. The lowest BCUT2D eigenvalue weighted by molar-refractivity contribution is -0.118. The first-order chi connectivity index (χ1) is 15.0. The highest BCUT2D eigenvalue weighted by atomic mass is 35.5. The summed E-state index contributed by atoms with van der Waals surface area (Å²) in [5, 5.41) is 6.05. The topological polar surface area (TPSA) is 84.5 Å². The van der Waals surface area contributed by atoms with Crippen molar-refractivity contribution in [1.29, 1.82) is 0 Å². The third-order valence-corrected chi connectivity index (χ3v) is 4.68. The number of carbonyl (C=O) groups is 3. The van der Waals surface area contributed by atoms with Crippen LogP contribution in [0.25, 0.3) is 0 Å². The molecule has 3 aromatic carbocycles. The monoisotopic (exact) mass is 436 g/mol. The standard InChI is InChI=1S/C24H21ClN2O4/c1-2-22(28)16-9-13-19(14-10-16)31-15-23(29)26-20-5-3-4-6-21(20)27-24(30)17-7-11-18(25)12-8-17/h3-14H,2,15H2,1H3,(H,26,29)(H,27,30). The van der Waals surface area contributed by atoms with E-state index >= 15 is 0 Å². The van der Waals surface area contributed by atoms with Crippen LogP contribution in [0.5, 0.6) is 5.75 Å². The fourth-order valence-corrected chi connectivity index (χ4v) is 2.90. The number of benzene rings is 3. The van der Waals surface area contributed by atoms with Crippen molar-refractivity contribution in [2.45, 2.75) is 13.3 Å². The maximum atomic E-state index is 12.5. The maximum Gasteiger partial charge on any atom is 0.262 e. The zero-order chi connectivity index (χ0) is 22.2. The van der Waals surface area contributed by atoms with Gasteiger partial charge in [-0.3, -0.25) is 14.4 Å². The van der Waals surface area contributed by atoms with Gasteiger partial charge in [-0.1, -0.05) is 30.7 Å². The van der Waals surface area contributed by atoms with Crippen molar-refractivity contribution in [3.63, 3.8) is 0 Å². The van der Waals surface area contributed by atoms with Gasteiger partial charge in [-0.2, -0.15) is 0 Å². The molecule has 0 aromatic heterocycles. The van der Waals surface area contributed by atoms with Gasteiger partial charge in [0, 0.05) is 22.6 Å². The summed E-state index contributed by atoms with van der Waals surface area (Å²) in [4.78, 5) is 36.5. The average molecular weight is 437 g/mol. The molecule has 0 spiro atoms. The van der Waals surface area contributed by atoms with E-state index in [1.54, 1.807) is 79.7 Å². The second-order valence-electron chi connectivity index (χ2n) is 6.64. The molecule has 2 amide bonds. The van der Waals surface area contributed by atoms with Crippen LogP contribution in [-0.4, -0.2) is 24.2 Å². The van der Waals surface area contributed by atoms with Gasteiger partial charge in [-0.15, -0.1) is 0 Å². The highest BCUT2D eigenvalue weighted by Gasteiger charge is 2.12. The average Bonchev–Trinajstić information content (AvgIpc) is 2.79. The van der Waals surface area contributed by atoms with Crippen LogP contribution in [0.3, 0.4) is 0 Å². The van der Waals surface area contributed by atoms with Crippen molar-refractivity contribution in [2.75, 3.05) is 17.2 Å². The van der Waals surface area contributed by atoms with Crippen LogP contribution in [0.1, 0.15) is 34.1 Å². The molecule has 0 unspecified atom stereocenters. The first-order valence-electron chi connectivity index (χ1n) is 9.68. The molecule has 3 rings (SSSR count). The van der Waals surface area contributed by atoms with Gasteiger partial charge in [0.15, 0.2) is 12.4 Å². The largest absolute Gasteiger partial charge is 0.484 e. The number of amides is 2. The molecule has 0 aliphatic rings. The van der Waals surface area contributed by atoms with Crippen LogP contribution >= 0.6 is 11.6 Å². The molecule has 31 heavy (non-hydrogen) atoms. The van der Waals surface area contributed by atoms with Crippen LogP contribution in [0.4, 0.5) is 11.4 Å². The predicted octanol–water partition coefficient (Wildman–Crippen LogP) is 5.20. The van der Waals surface area contributed by atoms with E-state index in [2.05, 4.69) is 10.6 Å². The molecule has 0 atom stereocenters. The Hall–Kier alpha value is -3.64. The van der Waals surface area contributed by atoms with E-state index in [1.807, 2.05) is 0 Å². The summed E-state index contributed by atoms with van der Waals surface area (Å²) in [6.45, 7) is 1.58. The minimum absolute atomic E-state index is 0.0431. The number of anilines is 2. The molecule has 6 nitrogen and oxygen atoms in total. The zero-order valence-electron chi connectivity index (χ0n) is 16.9. The Kier molecular flexibility index (Phi) is 7.40. The van der Waals surface area contributed by atoms with E-state index < -0.39 is 0 Å². The molecule has 3 aromatic rings. The van der Waals surface area contributed by atoms with Gasteiger partial charge < -0.3 is 15.4 Å². The van der Waals surface area contributed by atoms with Crippen molar-refractivity contribution >= 4 is 40.6 Å². The summed E-state index contributed by atoms with van der Waals surface area (Å²) in [5.41, 5.74) is 1.95. The Morgan fingerprint density at radius 3 is 2.00 bits per heavy atom. The molecule has 0 aliphatic carbocycles. The molecule has 2 N–H and O–H groups in total. The lowest BCUT2D eigenvalue weighted by Gasteiger charge is -2.13. The fraction of sp³-hybridized carbons (Fsp3) is 0.125. The van der Waals surface area contributed by atoms with Crippen molar-refractivity contribution in [1.82, 2.24) is 0 Å². The molecule has 0 bridgehead atoms. The number of hydrogen-bond donors (Lipinski definition) is 2. The van der Waals surface area contributed by atoms with Gasteiger partial charge >= 0.3 is 0 Å². The SMILES string of the molecule is CCC(=O)c1ccc(OCC(=O)Nc2ccccc2NC(=O)c2ccc(Cl)cc2)cc1. The van der Waals surface area contributed by atoms with Crippen molar-refractivity contribution < 1.29 is 19.1 Å². The van der Waals surface area contributed by atoms with Crippen LogP contribution < -0.4 is 15.4 Å². The van der Waals surface area contributed by atoms with Gasteiger partial charge in [-0.25, -0.2) is 0 Å². The molecule has 0 radical (unpaired) electrons. The third kappa shape index (κ3) is 6.17. The van der Waals surface area contributed by atoms with Gasteiger partial charge in [0.05, 0.1) is 11.4 Å². The van der Waals surface area contributed by atoms with Crippen molar-refractivity contribution in [2.24, 2.45) is 0 Å². The van der Waals surface area contributed by atoms with Crippen molar-refractivity contribution in [3.05, 3.63) is 88.9 Å². The van der Waals surface area contributed by atoms with Gasteiger partial charge in [0.2, 0.25) is 0 Å². The molecule has 0 saturated carbocycles. The first-order valence-corrected chi connectivity index (χ1v) is 10.1. The summed E-state index contributed by atoms with van der Waals surface area (Å²) >= 11 is 5.86. The van der Waals surface area contributed by atoms with Crippen LogP contribution in [-0.2, 0) is 4.79 Å². The second-order valence-corrected chi connectivity index (χ2v) is 7.08. The van der Waals surface area contributed by atoms with E-state index in [0.717, 1.165) is 0 Å². The first kappa shape index (κ1) is 22.1. The minimum Gasteiger partial charge on any atom is -0.484 e. The van der Waals surface area contributed by atoms with E-state index in [0.29, 0.717) is 39.7 Å². The third-order valence-electron chi connectivity index (χ3n) is 4.42. The molecule has 0 saturated heterocycles. The maximum absolute atomic E-state index is 12.5. The minimum atomic E-state index is -0.387. The summed E-state index contributed by atoms with van der Waals surface area (Å²) < 4.78 is 5.49. The van der Waals surface area contributed by atoms with E-state index in [4.69, 9.17) is 16.3 Å². The smallest absolute Gasteiger partial charge is 0.262 e. The number of carbonyl (C=O) groups excluding carboxylic acids is 3. The van der Waals surface area contributed by atoms with Crippen LogP contribution in [0, 0.1) is 0 Å². The number of para-hydroxylation sites is 2. The Balaban J connectivity index is 1.59. The molecule has 158 valence electrons. The predicted molar refractivity (Wildman–Crippen MR) is 121 cm³/mol. The molecule has 7 heteroatoms. The highest BCUT2D eigenvalue weighted by molar-refractivity contribution is 6.30. The highest BCUT2D eigenvalue weighted by Crippen LogP contribution is 2.22. The fourth-order valence-electron chi connectivity index (χ4n) is 2.77. The molecule has 0 aliphatic heterocycles. The van der Waals surface area contributed by atoms with Gasteiger partial charge in [-0.05, 0) is 60.7 Å². The second kappa shape index (κ2) is 10.4. The number of ketones is 1. The number of nitrogens with one attached hydrogen (secondary N) is 2. The molecular weight excluding hydrogens is 416 g/mol. The summed E-state index contributed by atoms with van der Waals surface area (Å²) in [5.74, 6) is -0.188. The van der Waals surface area contributed by atoms with Gasteiger partial charge in [0.1, 0.15) is 5.75 Å². The summed E-state index contributed by atoms with van der Waals surface area (Å²) in [6.07, 6.45) is 0.427. The summed E-state index contributed by atoms with van der Waals surface area (Å²) in [6, 6.07) is 20.0. The lowest BCUT2D eigenvalue weighted by Crippen LogP contribution is -2.21. The Labute approximate surface area is 185 Å². The Bertz CT molecular complexity index is 1080. The lowest BCUT2D eigenvalue weighted by atomic mass is 10.1. The van der Waals surface area contributed by atoms with E-state index in [9.17, 15) is 14.4 Å². The number of halogens is 1. The quantitative estimate of drug-likeness (QED) is 0.475. The van der Waals surface area contributed by atoms with Crippen LogP contribution in [0.15, 0.2) is 72.8 Å². The van der Waals surface area contributed by atoms with E-state index in [1.165, 1.54) is 0 Å². The van der Waals surface area contributed by atoms with E-state index in [-0.39, 0.29) is 24.2 Å². The van der Waals surface area contributed by atoms with Crippen LogP contribution in [0.2, 0.25) is 5.02 Å². The Morgan fingerprint density at radius 1 is 0.806 bits per heavy atom. The normalized spacial score (nSPS) is 10.3. The molecule has 0 heterocycles.